The molecule has 0 bridgehead atoms. The molecule has 0 unspecified atom stereocenters. The van der Waals surface area contributed by atoms with Crippen LogP contribution in [0.4, 0.5) is 4.39 Å². The average molecular weight is 272 g/mol. The SMILES string of the molecule is OC[C@H]1C=C[C@@H](NCc2cc(F)cc3cccnc23)C1. The number of aromatic nitrogens is 1. The number of aliphatic hydroxyl groups is 1. The van der Waals surface area contributed by atoms with Gasteiger partial charge in [0.25, 0.3) is 0 Å². The van der Waals surface area contributed by atoms with Gasteiger partial charge in [0.1, 0.15) is 5.82 Å². The lowest BCUT2D eigenvalue weighted by molar-refractivity contribution is 0.246. The fourth-order valence-corrected chi connectivity index (χ4v) is 2.66. The van der Waals surface area contributed by atoms with Crippen molar-refractivity contribution < 1.29 is 9.50 Å². The summed E-state index contributed by atoms with van der Waals surface area (Å²) in [5.41, 5.74) is 1.70. The van der Waals surface area contributed by atoms with Crippen molar-refractivity contribution in [2.45, 2.75) is 19.0 Å². The highest BCUT2D eigenvalue weighted by molar-refractivity contribution is 5.81. The van der Waals surface area contributed by atoms with Crippen LogP contribution in [0.2, 0.25) is 0 Å². The minimum atomic E-state index is -0.238. The van der Waals surface area contributed by atoms with Crippen molar-refractivity contribution in [3.63, 3.8) is 0 Å². The van der Waals surface area contributed by atoms with Gasteiger partial charge in [-0.3, -0.25) is 4.98 Å². The highest BCUT2D eigenvalue weighted by atomic mass is 19.1. The minimum absolute atomic E-state index is 0.180. The number of hydrogen-bond donors (Lipinski definition) is 2. The first-order chi connectivity index (χ1) is 9.76. The van der Waals surface area contributed by atoms with Crippen LogP contribution in [-0.4, -0.2) is 22.7 Å². The van der Waals surface area contributed by atoms with Gasteiger partial charge in [-0.25, -0.2) is 4.39 Å². The molecule has 1 aromatic carbocycles. The molecule has 0 saturated carbocycles. The molecule has 2 atom stereocenters. The van der Waals surface area contributed by atoms with E-state index in [2.05, 4.69) is 16.4 Å². The first-order valence-corrected chi connectivity index (χ1v) is 6.82. The van der Waals surface area contributed by atoms with Crippen molar-refractivity contribution in [3.8, 4) is 0 Å². The van der Waals surface area contributed by atoms with Crippen LogP contribution in [0.3, 0.4) is 0 Å². The van der Waals surface area contributed by atoms with Crippen molar-refractivity contribution >= 4 is 10.9 Å². The van der Waals surface area contributed by atoms with Crippen molar-refractivity contribution in [2.75, 3.05) is 6.61 Å². The zero-order valence-electron chi connectivity index (χ0n) is 11.1. The first-order valence-electron chi connectivity index (χ1n) is 6.82. The zero-order chi connectivity index (χ0) is 13.9. The number of rotatable bonds is 4. The van der Waals surface area contributed by atoms with Crippen LogP contribution in [0.15, 0.2) is 42.6 Å². The Kier molecular flexibility index (Phi) is 3.76. The van der Waals surface area contributed by atoms with Crippen LogP contribution in [0.25, 0.3) is 10.9 Å². The quantitative estimate of drug-likeness (QED) is 0.840. The average Bonchev–Trinajstić information content (AvgIpc) is 2.92. The van der Waals surface area contributed by atoms with Crippen molar-refractivity contribution in [1.82, 2.24) is 10.3 Å². The third-order valence-corrected chi connectivity index (χ3v) is 3.71. The third kappa shape index (κ3) is 2.71. The second kappa shape index (κ2) is 5.69. The summed E-state index contributed by atoms with van der Waals surface area (Å²) < 4.78 is 13.6. The Morgan fingerprint density at radius 2 is 2.25 bits per heavy atom. The highest BCUT2D eigenvalue weighted by Crippen LogP contribution is 2.20. The largest absolute Gasteiger partial charge is 0.396 e. The van der Waals surface area contributed by atoms with Gasteiger partial charge in [0, 0.05) is 36.7 Å². The fourth-order valence-electron chi connectivity index (χ4n) is 2.66. The Morgan fingerprint density at radius 3 is 3.05 bits per heavy atom. The summed E-state index contributed by atoms with van der Waals surface area (Å²) in [7, 11) is 0. The van der Waals surface area contributed by atoms with Crippen molar-refractivity contribution in [2.24, 2.45) is 5.92 Å². The molecule has 0 amide bonds. The van der Waals surface area contributed by atoms with Crippen LogP contribution in [0.5, 0.6) is 0 Å². The van der Waals surface area contributed by atoms with Gasteiger partial charge in [0.15, 0.2) is 0 Å². The molecule has 0 radical (unpaired) electrons. The van der Waals surface area contributed by atoms with Gasteiger partial charge in [-0.1, -0.05) is 18.2 Å². The second-order valence-electron chi connectivity index (χ2n) is 5.19. The van der Waals surface area contributed by atoms with Crippen molar-refractivity contribution in [3.05, 3.63) is 54.0 Å². The molecule has 1 aliphatic carbocycles. The molecule has 104 valence electrons. The lowest BCUT2D eigenvalue weighted by Gasteiger charge is -2.13. The lowest BCUT2D eigenvalue weighted by Crippen LogP contribution is -2.26. The maximum absolute atomic E-state index is 13.6. The predicted octanol–water partition coefficient (Wildman–Crippen LogP) is 2.40. The summed E-state index contributed by atoms with van der Waals surface area (Å²) in [6.45, 7) is 0.748. The number of aliphatic hydroxyl groups excluding tert-OH is 1. The Bertz CT molecular complexity index is 641. The number of fused-ring (bicyclic) bond motifs is 1. The van der Waals surface area contributed by atoms with Crippen LogP contribution in [0, 0.1) is 11.7 Å². The Morgan fingerprint density at radius 1 is 1.35 bits per heavy atom. The summed E-state index contributed by atoms with van der Waals surface area (Å²) >= 11 is 0. The van der Waals surface area contributed by atoms with E-state index in [9.17, 15) is 4.39 Å². The molecule has 0 aliphatic heterocycles. The molecule has 2 aromatic rings. The van der Waals surface area contributed by atoms with E-state index in [0.29, 0.717) is 6.54 Å². The number of nitrogens with one attached hydrogen (secondary N) is 1. The molecule has 1 aromatic heterocycles. The van der Waals surface area contributed by atoms with Crippen molar-refractivity contribution in [1.29, 1.82) is 0 Å². The van der Waals surface area contributed by atoms with Gasteiger partial charge in [-0.15, -0.1) is 0 Å². The number of halogens is 1. The third-order valence-electron chi connectivity index (χ3n) is 3.71. The fraction of sp³-hybridized carbons (Fsp3) is 0.312. The maximum Gasteiger partial charge on any atom is 0.124 e. The predicted molar refractivity (Wildman–Crippen MR) is 76.7 cm³/mol. The normalized spacial score (nSPS) is 21.7. The van der Waals surface area contributed by atoms with E-state index in [4.69, 9.17) is 5.11 Å². The molecule has 0 spiro atoms. The topological polar surface area (TPSA) is 45.1 Å². The molecule has 1 aliphatic rings. The van der Waals surface area contributed by atoms with Gasteiger partial charge in [-0.2, -0.15) is 0 Å². The van der Waals surface area contributed by atoms with E-state index in [1.54, 1.807) is 6.20 Å². The molecule has 1 heterocycles. The second-order valence-corrected chi connectivity index (χ2v) is 5.19. The van der Waals surface area contributed by atoms with Gasteiger partial charge < -0.3 is 10.4 Å². The van der Waals surface area contributed by atoms with Gasteiger partial charge in [0.2, 0.25) is 0 Å². The summed E-state index contributed by atoms with van der Waals surface area (Å²) in [6, 6.07) is 6.94. The van der Waals surface area contributed by atoms with Gasteiger partial charge in [0.05, 0.1) is 5.52 Å². The number of benzene rings is 1. The zero-order valence-corrected chi connectivity index (χ0v) is 11.1. The minimum Gasteiger partial charge on any atom is -0.396 e. The molecule has 0 fully saturated rings. The van der Waals surface area contributed by atoms with E-state index in [1.165, 1.54) is 12.1 Å². The van der Waals surface area contributed by atoms with E-state index < -0.39 is 0 Å². The summed E-state index contributed by atoms with van der Waals surface area (Å²) in [5.74, 6) is -0.00706. The maximum atomic E-state index is 13.6. The van der Waals surface area contributed by atoms with E-state index >= 15 is 0 Å². The lowest BCUT2D eigenvalue weighted by atomic mass is 10.1. The summed E-state index contributed by atoms with van der Waals surface area (Å²) in [6.07, 6.45) is 6.70. The molecule has 3 rings (SSSR count). The number of pyridine rings is 1. The molecule has 4 heteroatoms. The standard InChI is InChI=1S/C16H17FN2O/c17-14-7-12-2-1-5-18-16(12)13(8-14)9-19-15-4-3-11(6-15)10-20/h1-5,7-8,11,15,19-20H,6,9-10H2/t11-,15+/m0/s1. The number of hydrogen-bond acceptors (Lipinski definition) is 3. The smallest absolute Gasteiger partial charge is 0.124 e. The molecule has 0 saturated heterocycles. The molecule has 20 heavy (non-hydrogen) atoms. The Labute approximate surface area is 117 Å². The van der Waals surface area contributed by atoms with E-state index in [-0.39, 0.29) is 24.4 Å². The Hall–Kier alpha value is -1.78. The Balaban J connectivity index is 1.76. The molecule has 2 N–H and O–H groups in total. The molecular weight excluding hydrogens is 255 g/mol. The van der Waals surface area contributed by atoms with E-state index in [1.807, 2.05) is 18.2 Å². The van der Waals surface area contributed by atoms with Crippen LogP contribution < -0.4 is 5.32 Å². The highest BCUT2D eigenvalue weighted by Gasteiger charge is 2.17. The molecular formula is C16H17FN2O. The van der Waals surface area contributed by atoms with Gasteiger partial charge in [-0.05, 0) is 30.2 Å². The molecule has 3 nitrogen and oxygen atoms in total. The monoisotopic (exact) mass is 272 g/mol. The van der Waals surface area contributed by atoms with Gasteiger partial charge >= 0.3 is 0 Å². The summed E-state index contributed by atoms with van der Waals surface area (Å²) in [5, 5.41) is 13.3. The van der Waals surface area contributed by atoms with Crippen LogP contribution in [0.1, 0.15) is 12.0 Å². The van der Waals surface area contributed by atoms with Crippen LogP contribution in [-0.2, 0) is 6.54 Å². The van der Waals surface area contributed by atoms with E-state index in [0.717, 1.165) is 22.9 Å². The first kappa shape index (κ1) is 13.2. The van der Waals surface area contributed by atoms with Crippen LogP contribution >= 0.6 is 0 Å². The summed E-state index contributed by atoms with van der Waals surface area (Å²) in [4.78, 5) is 4.33. The number of nitrogens with zero attached hydrogens (tertiary/aromatic N) is 1.